The Hall–Kier alpha value is -0.820. The number of fused-ring (bicyclic) bond motifs is 5. The third-order valence-corrected chi connectivity index (χ3v) is 6.46. The van der Waals surface area contributed by atoms with Crippen LogP contribution in [0.5, 0.6) is 0 Å². The second-order valence-electron chi connectivity index (χ2n) is 7.93. The largest absolute Gasteiger partial charge is 0.314 e. The number of likely N-dealkylation sites (N-methyl/N-ethyl adjacent to an activating group) is 1. The van der Waals surface area contributed by atoms with Gasteiger partial charge < -0.3 is 5.32 Å². The van der Waals surface area contributed by atoms with Crippen LogP contribution in [0.3, 0.4) is 0 Å². The first-order valence-electron chi connectivity index (χ1n) is 8.98. The number of benzene rings is 1. The Bertz CT molecular complexity index is 498. The fraction of sp³-hybridized carbons (Fsp3) is 0.700. The molecule has 3 aliphatic rings. The molecule has 1 nitrogen and oxygen atoms in total. The number of hydrogen-bond donors (Lipinski definition) is 1. The van der Waals surface area contributed by atoms with Gasteiger partial charge in [0.25, 0.3) is 0 Å². The van der Waals surface area contributed by atoms with Gasteiger partial charge in [0.15, 0.2) is 0 Å². The van der Waals surface area contributed by atoms with Crippen LogP contribution in [0.15, 0.2) is 18.2 Å². The Labute approximate surface area is 129 Å². The minimum absolute atomic E-state index is 0.717. The van der Waals surface area contributed by atoms with E-state index in [1.54, 1.807) is 6.42 Å². The van der Waals surface area contributed by atoms with Crippen LogP contribution in [-0.2, 0) is 6.42 Å². The highest BCUT2D eigenvalue weighted by Crippen LogP contribution is 2.70. The topological polar surface area (TPSA) is 12.0 Å². The van der Waals surface area contributed by atoms with E-state index >= 15 is 0 Å². The van der Waals surface area contributed by atoms with Crippen LogP contribution in [0.4, 0.5) is 0 Å². The van der Waals surface area contributed by atoms with E-state index in [9.17, 15) is 0 Å². The van der Waals surface area contributed by atoms with E-state index < -0.39 is 0 Å². The van der Waals surface area contributed by atoms with Crippen molar-refractivity contribution in [1.29, 1.82) is 0 Å². The summed E-state index contributed by atoms with van der Waals surface area (Å²) in [6.45, 7) is 7.83. The lowest BCUT2D eigenvalue weighted by atomic mass is 9.92. The standard InChI is InChI=1S/C20H29N/c1-4-21-17(10-14-8-12(2)7-13(3)9-14)20-18-15-5-6-16(11-15)19(18)20/h7-9,15-21H,4-6,10-11H2,1-3H3. The number of hydrogen-bond acceptors (Lipinski definition) is 1. The lowest BCUT2D eigenvalue weighted by Gasteiger charge is -2.22. The molecule has 3 fully saturated rings. The lowest BCUT2D eigenvalue weighted by molar-refractivity contribution is 0.365. The highest BCUT2D eigenvalue weighted by molar-refractivity contribution is 5.30. The van der Waals surface area contributed by atoms with E-state index in [1.165, 1.54) is 36.0 Å². The van der Waals surface area contributed by atoms with Crippen molar-refractivity contribution < 1.29 is 0 Å². The second-order valence-corrected chi connectivity index (χ2v) is 7.93. The summed E-state index contributed by atoms with van der Waals surface area (Å²) < 4.78 is 0. The fourth-order valence-electron chi connectivity index (χ4n) is 5.98. The van der Waals surface area contributed by atoms with Crippen molar-refractivity contribution in [3.63, 3.8) is 0 Å². The molecular formula is C20H29N. The molecule has 3 saturated carbocycles. The summed E-state index contributed by atoms with van der Waals surface area (Å²) in [4.78, 5) is 0. The van der Waals surface area contributed by atoms with E-state index in [0.29, 0.717) is 0 Å². The van der Waals surface area contributed by atoms with Gasteiger partial charge in [-0.15, -0.1) is 0 Å². The molecule has 4 rings (SSSR count). The van der Waals surface area contributed by atoms with Crippen LogP contribution in [-0.4, -0.2) is 12.6 Å². The van der Waals surface area contributed by atoms with Gasteiger partial charge in [0.1, 0.15) is 0 Å². The Morgan fingerprint density at radius 1 is 1.05 bits per heavy atom. The van der Waals surface area contributed by atoms with Gasteiger partial charge in [0, 0.05) is 6.04 Å². The van der Waals surface area contributed by atoms with Crippen LogP contribution < -0.4 is 5.32 Å². The average Bonchev–Trinajstić information content (AvgIpc) is 2.84. The lowest BCUT2D eigenvalue weighted by Crippen LogP contribution is -2.35. The number of nitrogens with one attached hydrogen (secondary N) is 1. The van der Waals surface area contributed by atoms with Crippen LogP contribution in [0.2, 0.25) is 0 Å². The summed E-state index contributed by atoms with van der Waals surface area (Å²) in [6.07, 6.45) is 5.86. The Balaban J connectivity index is 1.50. The summed E-state index contributed by atoms with van der Waals surface area (Å²) in [5.41, 5.74) is 4.36. The van der Waals surface area contributed by atoms with Gasteiger partial charge in [-0.05, 0) is 81.2 Å². The maximum absolute atomic E-state index is 3.83. The Morgan fingerprint density at radius 2 is 1.67 bits per heavy atom. The monoisotopic (exact) mass is 283 g/mol. The first-order chi connectivity index (χ1) is 10.2. The predicted octanol–water partition coefficient (Wildman–Crippen LogP) is 4.12. The highest BCUT2D eigenvalue weighted by Gasteiger charge is 2.66. The van der Waals surface area contributed by atoms with Crippen LogP contribution in [0.25, 0.3) is 0 Å². The molecule has 1 aromatic carbocycles. The SMILES string of the molecule is CCNC(Cc1cc(C)cc(C)c1)C1C2C3CCC(C3)C21. The smallest absolute Gasteiger partial charge is 0.0141 e. The molecule has 114 valence electrons. The summed E-state index contributed by atoms with van der Waals surface area (Å²) in [7, 11) is 0. The zero-order valence-corrected chi connectivity index (χ0v) is 13.7. The zero-order valence-electron chi connectivity index (χ0n) is 13.7. The molecule has 5 atom stereocenters. The molecule has 0 heterocycles. The minimum atomic E-state index is 0.717. The third kappa shape index (κ3) is 2.34. The molecule has 0 amide bonds. The molecule has 0 spiro atoms. The van der Waals surface area contributed by atoms with Crippen molar-refractivity contribution in [3.05, 3.63) is 34.9 Å². The van der Waals surface area contributed by atoms with Crippen molar-refractivity contribution in [2.75, 3.05) is 6.54 Å². The van der Waals surface area contributed by atoms with E-state index in [0.717, 1.165) is 42.2 Å². The van der Waals surface area contributed by atoms with Gasteiger partial charge in [-0.3, -0.25) is 0 Å². The molecule has 21 heavy (non-hydrogen) atoms. The van der Waals surface area contributed by atoms with E-state index in [-0.39, 0.29) is 0 Å². The zero-order chi connectivity index (χ0) is 14.6. The molecule has 1 heteroatoms. The predicted molar refractivity (Wildman–Crippen MR) is 88.4 cm³/mol. The number of rotatable bonds is 5. The molecule has 0 aliphatic heterocycles. The van der Waals surface area contributed by atoms with Gasteiger partial charge >= 0.3 is 0 Å². The van der Waals surface area contributed by atoms with Gasteiger partial charge in [0.05, 0.1) is 0 Å². The van der Waals surface area contributed by atoms with Crippen molar-refractivity contribution in [3.8, 4) is 0 Å². The maximum atomic E-state index is 3.83. The second kappa shape index (κ2) is 5.12. The van der Waals surface area contributed by atoms with Crippen molar-refractivity contribution in [2.24, 2.45) is 29.6 Å². The quantitative estimate of drug-likeness (QED) is 0.857. The van der Waals surface area contributed by atoms with Gasteiger partial charge in [0.2, 0.25) is 0 Å². The van der Waals surface area contributed by atoms with E-state index in [2.05, 4.69) is 44.3 Å². The van der Waals surface area contributed by atoms with Crippen molar-refractivity contribution in [1.82, 2.24) is 5.32 Å². The van der Waals surface area contributed by atoms with Crippen LogP contribution in [0.1, 0.15) is 42.9 Å². The summed E-state index contributed by atoms with van der Waals surface area (Å²) in [5.74, 6) is 5.32. The molecule has 2 bridgehead atoms. The maximum Gasteiger partial charge on any atom is 0.0141 e. The fourth-order valence-corrected chi connectivity index (χ4v) is 5.98. The molecular weight excluding hydrogens is 254 g/mol. The molecule has 5 unspecified atom stereocenters. The van der Waals surface area contributed by atoms with Gasteiger partial charge in [-0.2, -0.15) is 0 Å². The summed E-state index contributed by atoms with van der Waals surface area (Å²) in [6, 6.07) is 7.79. The molecule has 1 N–H and O–H groups in total. The molecule has 0 radical (unpaired) electrons. The average molecular weight is 283 g/mol. The third-order valence-electron chi connectivity index (χ3n) is 6.46. The Morgan fingerprint density at radius 3 is 2.24 bits per heavy atom. The summed E-state index contributed by atoms with van der Waals surface area (Å²) in [5, 5.41) is 3.83. The number of aryl methyl sites for hydroxylation is 2. The molecule has 3 aliphatic carbocycles. The highest BCUT2D eigenvalue weighted by atomic mass is 14.9. The first kappa shape index (κ1) is 13.8. The van der Waals surface area contributed by atoms with E-state index in [1.807, 2.05) is 0 Å². The van der Waals surface area contributed by atoms with Crippen molar-refractivity contribution in [2.45, 2.75) is 52.5 Å². The van der Waals surface area contributed by atoms with Crippen LogP contribution in [0, 0.1) is 43.4 Å². The normalized spacial score (nSPS) is 37.6. The molecule has 0 aromatic heterocycles. The van der Waals surface area contributed by atoms with Crippen LogP contribution >= 0.6 is 0 Å². The van der Waals surface area contributed by atoms with Crippen molar-refractivity contribution >= 4 is 0 Å². The molecule has 0 saturated heterocycles. The first-order valence-corrected chi connectivity index (χ1v) is 8.98. The van der Waals surface area contributed by atoms with E-state index in [4.69, 9.17) is 0 Å². The summed E-state index contributed by atoms with van der Waals surface area (Å²) >= 11 is 0. The van der Waals surface area contributed by atoms with Gasteiger partial charge in [-0.25, -0.2) is 0 Å². The molecule has 1 aromatic rings. The Kier molecular flexibility index (Phi) is 3.37. The van der Waals surface area contributed by atoms with Gasteiger partial charge in [-0.1, -0.05) is 36.2 Å². The minimum Gasteiger partial charge on any atom is -0.314 e.